The molecule has 0 aliphatic carbocycles. The van der Waals surface area contributed by atoms with Crippen molar-refractivity contribution in [1.29, 1.82) is 0 Å². The minimum atomic E-state index is -0.830. The second kappa shape index (κ2) is 40.4. The van der Waals surface area contributed by atoms with Gasteiger partial charge < -0.3 is 33.7 Å². The van der Waals surface area contributed by atoms with Crippen LogP contribution < -0.4 is 5.32 Å². The van der Waals surface area contributed by atoms with Crippen LogP contribution in [0.5, 0.6) is 0 Å². The number of carbonyl (C=O) groups is 1. The summed E-state index contributed by atoms with van der Waals surface area (Å²) in [4.78, 5) is 13.8. The molecule has 4 aromatic rings. The van der Waals surface area contributed by atoms with Gasteiger partial charge in [0, 0.05) is 6.42 Å². The number of unbranched alkanes of at least 4 members (excludes halogenated alkanes) is 23. The predicted octanol–water partition coefficient (Wildman–Crippen LogP) is 16.8. The molecule has 6 atom stereocenters. The summed E-state index contributed by atoms with van der Waals surface area (Å²) in [5, 5.41) is 3.44. The molecule has 1 fully saturated rings. The van der Waals surface area contributed by atoms with Crippen molar-refractivity contribution in [3.63, 3.8) is 0 Å². The largest absolute Gasteiger partial charge is 0.374 e. The Morgan fingerprint density at radius 2 is 0.797 bits per heavy atom. The molecule has 0 aromatic heterocycles. The summed E-state index contributed by atoms with van der Waals surface area (Å²) >= 11 is 0. The van der Waals surface area contributed by atoms with Gasteiger partial charge in [-0.25, -0.2) is 0 Å². The molecule has 0 spiro atoms. The van der Waals surface area contributed by atoms with Gasteiger partial charge in [-0.3, -0.25) is 4.79 Å². The quantitative estimate of drug-likeness (QED) is 0.0442. The molecular formula is C66H99NO7. The molecule has 1 amide bonds. The van der Waals surface area contributed by atoms with Gasteiger partial charge in [0.2, 0.25) is 5.91 Å². The van der Waals surface area contributed by atoms with E-state index in [0.717, 1.165) is 54.4 Å². The molecule has 1 aliphatic rings. The lowest BCUT2D eigenvalue weighted by molar-refractivity contribution is -0.329. The highest BCUT2D eigenvalue weighted by atomic mass is 16.7. The average molecular weight is 1020 g/mol. The number of carbonyl (C=O) groups excluding carboxylic acids is 1. The highest BCUT2D eigenvalue weighted by Crippen LogP contribution is 2.32. The summed E-state index contributed by atoms with van der Waals surface area (Å²) in [6.45, 7) is 6.57. The van der Waals surface area contributed by atoms with Crippen molar-refractivity contribution in [1.82, 2.24) is 5.32 Å². The Morgan fingerprint density at radius 3 is 1.23 bits per heavy atom. The second-order valence-corrected chi connectivity index (χ2v) is 21.1. The minimum absolute atomic E-state index is 0.104. The fourth-order valence-electron chi connectivity index (χ4n) is 10.1. The lowest BCUT2D eigenvalue weighted by Crippen LogP contribution is -2.62. The van der Waals surface area contributed by atoms with Crippen LogP contribution in [0, 0.1) is 0 Å². The van der Waals surface area contributed by atoms with Gasteiger partial charge in [0.1, 0.15) is 24.4 Å². The Morgan fingerprint density at radius 1 is 0.432 bits per heavy atom. The number of benzene rings is 4. The van der Waals surface area contributed by atoms with Crippen LogP contribution in [-0.4, -0.2) is 55.9 Å². The summed E-state index contributed by atoms with van der Waals surface area (Å²) in [6, 6.07) is 40.7. The lowest BCUT2D eigenvalue weighted by Gasteiger charge is -2.46. The van der Waals surface area contributed by atoms with Gasteiger partial charge in [0.05, 0.1) is 45.7 Å². The van der Waals surface area contributed by atoms with Crippen molar-refractivity contribution in [2.75, 3.05) is 13.2 Å². The second-order valence-electron chi connectivity index (χ2n) is 21.1. The zero-order valence-corrected chi connectivity index (χ0v) is 46.2. The van der Waals surface area contributed by atoms with Crippen LogP contribution in [0.15, 0.2) is 121 Å². The van der Waals surface area contributed by atoms with Gasteiger partial charge in [-0.05, 0) is 35.1 Å². The van der Waals surface area contributed by atoms with Crippen LogP contribution in [0.4, 0.5) is 0 Å². The topological polar surface area (TPSA) is 84.5 Å². The van der Waals surface area contributed by atoms with E-state index in [1.807, 2.05) is 72.8 Å². The Bertz CT molecular complexity index is 1900. The van der Waals surface area contributed by atoms with Crippen molar-refractivity contribution >= 4 is 5.91 Å². The van der Waals surface area contributed by atoms with Crippen LogP contribution in [0.3, 0.4) is 0 Å². The summed E-state index contributed by atoms with van der Waals surface area (Å²) in [5.74, 6) is 0.104. The summed E-state index contributed by atoms with van der Waals surface area (Å²) in [6.07, 6.45) is 30.3. The number of ether oxygens (including phenoxy) is 6. The minimum Gasteiger partial charge on any atom is -0.374 e. The molecule has 1 saturated heterocycles. The van der Waals surface area contributed by atoms with Gasteiger partial charge in [-0.1, -0.05) is 289 Å². The molecule has 1 unspecified atom stereocenters. The van der Waals surface area contributed by atoms with E-state index in [9.17, 15) is 4.79 Å². The van der Waals surface area contributed by atoms with Gasteiger partial charge in [-0.15, -0.1) is 0 Å². The Balaban J connectivity index is 1.27. The number of nitrogens with one attached hydrogen (secondary N) is 1. The van der Waals surface area contributed by atoms with Crippen LogP contribution in [0.1, 0.15) is 209 Å². The van der Waals surface area contributed by atoms with E-state index in [2.05, 4.69) is 67.7 Å². The normalized spacial score (nSPS) is 18.1. The molecule has 8 nitrogen and oxygen atoms in total. The predicted molar refractivity (Wildman–Crippen MR) is 304 cm³/mol. The molecular weight excluding hydrogens is 919 g/mol. The average Bonchev–Trinajstić information content (AvgIpc) is 3.43. The van der Waals surface area contributed by atoms with E-state index in [1.165, 1.54) is 135 Å². The number of rotatable bonds is 44. The maximum absolute atomic E-state index is 13.8. The first-order valence-corrected chi connectivity index (χ1v) is 29.8. The van der Waals surface area contributed by atoms with Crippen LogP contribution in [0.2, 0.25) is 0 Å². The standard InChI is InChI=1S/C66H99NO7/c1-3-5-7-9-11-13-15-17-19-21-23-25-39-49-62(68)67-60(48-38-24-22-20-18-16-14-12-10-8-6-4-2)54-73-66-65(72-53-59-46-36-29-37-47-59)64(71-52-58-44-34-28-35-45-58)63(70-51-57-42-32-27-33-43-57)61(74-66)55-69-50-56-40-30-26-31-41-56/h26-37,40-47,60-61,63-66H,3-25,38-39,48-55H2,1-2H3,(H,67,68)/t60?,61-,63-,64+,65+,66+/m1/s1. The molecule has 8 heteroatoms. The van der Waals surface area contributed by atoms with Gasteiger partial charge >= 0.3 is 0 Å². The van der Waals surface area contributed by atoms with Crippen LogP contribution in [-0.2, 0) is 59.6 Å². The third kappa shape index (κ3) is 26.7. The van der Waals surface area contributed by atoms with Crippen LogP contribution in [0.25, 0.3) is 0 Å². The summed E-state index contributed by atoms with van der Waals surface area (Å²) in [7, 11) is 0. The number of hydrogen-bond acceptors (Lipinski definition) is 7. The fourth-order valence-corrected chi connectivity index (χ4v) is 10.1. The van der Waals surface area contributed by atoms with E-state index >= 15 is 0 Å². The molecule has 5 rings (SSSR count). The number of amides is 1. The van der Waals surface area contributed by atoms with E-state index in [0.29, 0.717) is 32.8 Å². The van der Waals surface area contributed by atoms with E-state index < -0.39 is 30.7 Å². The van der Waals surface area contributed by atoms with Crippen molar-refractivity contribution in [2.45, 2.75) is 250 Å². The van der Waals surface area contributed by atoms with Gasteiger partial charge in [0.15, 0.2) is 6.29 Å². The summed E-state index contributed by atoms with van der Waals surface area (Å²) in [5.41, 5.74) is 4.21. The maximum atomic E-state index is 13.8. The first-order chi connectivity index (χ1) is 36.6. The molecule has 74 heavy (non-hydrogen) atoms. The number of hydrogen-bond donors (Lipinski definition) is 1. The van der Waals surface area contributed by atoms with Crippen molar-refractivity contribution < 1.29 is 33.2 Å². The molecule has 1 heterocycles. The Kier molecular flexibility index (Phi) is 33.3. The first kappa shape index (κ1) is 61.0. The SMILES string of the molecule is CCCCCCCCCCCCCCCC(=O)NC(CCCCCCCCCCCCCC)CO[C@H]1O[C@H](COCc2ccccc2)[C@@H](OCc2ccccc2)[C@H](OCc2ccccc2)[C@@H]1OCc1ccccc1. The first-order valence-electron chi connectivity index (χ1n) is 29.8. The molecule has 410 valence electrons. The summed E-state index contributed by atoms with van der Waals surface area (Å²) < 4.78 is 41.3. The molecule has 0 bridgehead atoms. The van der Waals surface area contributed by atoms with E-state index in [1.54, 1.807) is 0 Å². The van der Waals surface area contributed by atoms with Crippen molar-refractivity contribution in [2.24, 2.45) is 0 Å². The highest BCUT2D eigenvalue weighted by Gasteiger charge is 2.49. The van der Waals surface area contributed by atoms with Gasteiger partial charge in [-0.2, -0.15) is 0 Å². The van der Waals surface area contributed by atoms with Gasteiger partial charge in [0.25, 0.3) is 0 Å². The molecule has 4 aromatic carbocycles. The molecule has 0 radical (unpaired) electrons. The lowest BCUT2D eigenvalue weighted by atomic mass is 9.97. The Labute approximate surface area is 449 Å². The maximum Gasteiger partial charge on any atom is 0.220 e. The van der Waals surface area contributed by atoms with E-state index in [-0.39, 0.29) is 25.2 Å². The van der Waals surface area contributed by atoms with Crippen molar-refractivity contribution in [3.05, 3.63) is 144 Å². The van der Waals surface area contributed by atoms with Crippen LogP contribution >= 0.6 is 0 Å². The fraction of sp³-hybridized carbons (Fsp3) is 0.621. The monoisotopic (exact) mass is 1020 g/mol. The van der Waals surface area contributed by atoms with Crippen molar-refractivity contribution in [3.8, 4) is 0 Å². The highest BCUT2D eigenvalue weighted by molar-refractivity contribution is 5.76. The van der Waals surface area contributed by atoms with E-state index in [4.69, 9.17) is 28.4 Å². The molecule has 1 N–H and O–H groups in total. The molecule has 1 aliphatic heterocycles. The molecule has 0 saturated carbocycles. The zero-order chi connectivity index (χ0) is 51.8. The zero-order valence-electron chi connectivity index (χ0n) is 46.2. The Hall–Kier alpha value is -3.89. The third-order valence-electron chi connectivity index (χ3n) is 14.6. The third-order valence-corrected chi connectivity index (χ3v) is 14.6. The smallest absolute Gasteiger partial charge is 0.220 e.